The SMILES string of the molecule is CCNC(=NCC1Cc2ccccc21)N1CCC(OCCCOC)CC1.I. The smallest absolute Gasteiger partial charge is 0.193 e. The topological polar surface area (TPSA) is 46.1 Å². The lowest BCUT2D eigenvalue weighted by molar-refractivity contribution is 0.00990. The summed E-state index contributed by atoms with van der Waals surface area (Å²) in [5, 5.41) is 3.47. The van der Waals surface area contributed by atoms with E-state index in [0.29, 0.717) is 12.0 Å². The van der Waals surface area contributed by atoms with Crippen molar-refractivity contribution >= 4 is 29.9 Å². The van der Waals surface area contributed by atoms with Crippen LogP contribution in [0.2, 0.25) is 0 Å². The minimum atomic E-state index is 0. The first-order valence-corrected chi connectivity index (χ1v) is 10.0. The monoisotopic (exact) mass is 487 g/mol. The number of nitrogens with zero attached hydrogens (tertiary/aromatic N) is 2. The number of rotatable bonds is 8. The van der Waals surface area contributed by atoms with E-state index in [1.165, 1.54) is 11.1 Å². The highest BCUT2D eigenvalue weighted by Crippen LogP contribution is 2.34. The second kappa shape index (κ2) is 11.9. The first-order valence-electron chi connectivity index (χ1n) is 10.0. The van der Waals surface area contributed by atoms with Gasteiger partial charge in [-0.3, -0.25) is 4.99 Å². The van der Waals surface area contributed by atoms with Gasteiger partial charge in [0, 0.05) is 52.4 Å². The maximum atomic E-state index is 5.97. The Balaban J connectivity index is 0.00000261. The first-order chi connectivity index (χ1) is 12.8. The van der Waals surface area contributed by atoms with Crippen molar-refractivity contribution in [3.8, 4) is 0 Å². The van der Waals surface area contributed by atoms with Gasteiger partial charge in [0.15, 0.2) is 5.96 Å². The molecule has 152 valence electrons. The van der Waals surface area contributed by atoms with Crippen LogP contribution < -0.4 is 5.32 Å². The molecule has 0 bridgehead atoms. The van der Waals surface area contributed by atoms with Crippen LogP contribution in [0.5, 0.6) is 0 Å². The van der Waals surface area contributed by atoms with Crippen LogP contribution in [0.15, 0.2) is 29.3 Å². The van der Waals surface area contributed by atoms with Gasteiger partial charge in [-0.1, -0.05) is 24.3 Å². The number of halogens is 1. The number of aliphatic imine (C=N–C) groups is 1. The third kappa shape index (κ3) is 6.32. The van der Waals surface area contributed by atoms with Crippen LogP contribution in [-0.4, -0.2) is 63.5 Å². The molecule has 0 aromatic heterocycles. The van der Waals surface area contributed by atoms with E-state index in [0.717, 1.165) is 71.0 Å². The lowest BCUT2D eigenvalue weighted by Gasteiger charge is -2.35. The summed E-state index contributed by atoms with van der Waals surface area (Å²) in [5.41, 5.74) is 2.97. The maximum absolute atomic E-state index is 5.97. The van der Waals surface area contributed by atoms with Gasteiger partial charge in [0.05, 0.1) is 6.10 Å². The molecule has 27 heavy (non-hydrogen) atoms. The fourth-order valence-electron chi connectivity index (χ4n) is 3.84. The van der Waals surface area contributed by atoms with Crippen molar-refractivity contribution in [2.75, 3.05) is 46.5 Å². The van der Waals surface area contributed by atoms with Crippen molar-refractivity contribution in [1.82, 2.24) is 10.2 Å². The number of likely N-dealkylation sites (tertiary alicyclic amines) is 1. The van der Waals surface area contributed by atoms with E-state index in [1.807, 2.05) is 0 Å². The molecule has 1 aliphatic heterocycles. The van der Waals surface area contributed by atoms with Gasteiger partial charge >= 0.3 is 0 Å². The molecule has 0 spiro atoms. The average Bonchev–Trinajstić information content (AvgIpc) is 2.66. The van der Waals surface area contributed by atoms with Gasteiger partial charge in [-0.2, -0.15) is 0 Å². The summed E-state index contributed by atoms with van der Waals surface area (Å²) < 4.78 is 11.0. The number of hydrogen-bond acceptors (Lipinski definition) is 3. The summed E-state index contributed by atoms with van der Waals surface area (Å²) in [6.07, 6.45) is 4.66. The summed E-state index contributed by atoms with van der Waals surface area (Å²) in [7, 11) is 1.74. The third-order valence-corrected chi connectivity index (χ3v) is 5.35. The Morgan fingerprint density at radius 2 is 2.00 bits per heavy atom. The van der Waals surface area contributed by atoms with E-state index in [1.54, 1.807) is 7.11 Å². The highest BCUT2D eigenvalue weighted by atomic mass is 127. The zero-order valence-electron chi connectivity index (χ0n) is 16.7. The molecular weight excluding hydrogens is 453 g/mol. The number of ether oxygens (including phenoxy) is 2. The number of methoxy groups -OCH3 is 1. The fraction of sp³-hybridized carbons (Fsp3) is 0.667. The van der Waals surface area contributed by atoms with Crippen LogP contribution in [0.3, 0.4) is 0 Å². The first kappa shape index (κ1) is 22.4. The molecule has 2 aliphatic rings. The van der Waals surface area contributed by atoms with E-state index in [-0.39, 0.29) is 24.0 Å². The second-order valence-electron chi connectivity index (χ2n) is 7.20. The second-order valence-corrected chi connectivity index (χ2v) is 7.20. The molecular formula is C21H34IN3O2. The summed E-state index contributed by atoms with van der Waals surface area (Å²) in [6.45, 7) is 7.54. The molecule has 1 N–H and O–H groups in total. The van der Waals surface area contributed by atoms with Crippen molar-refractivity contribution in [2.24, 2.45) is 4.99 Å². The lowest BCUT2D eigenvalue weighted by atomic mass is 9.78. The summed E-state index contributed by atoms with van der Waals surface area (Å²) in [5.74, 6) is 1.65. The van der Waals surface area contributed by atoms with Gasteiger partial charge in [0.25, 0.3) is 0 Å². The molecule has 1 aromatic rings. The predicted molar refractivity (Wildman–Crippen MR) is 121 cm³/mol. The van der Waals surface area contributed by atoms with Crippen molar-refractivity contribution in [2.45, 2.75) is 44.6 Å². The van der Waals surface area contributed by atoms with Gasteiger partial charge < -0.3 is 19.7 Å². The average molecular weight is 487 g/mol. The van der Waals surface area contributed by atoms with Gasteiger partial charge in [0.2, 0.25) is 0 Å². The van der Waals surface area contributed by atoms with E-state index in [4.69, 9.17) is 14.5 Å². The van der Waals surface area contributed by atoms with Crippen molar-refractivity contribution in [3.05, 3.63) is 35.4 Å². The number of hydrogen-bond donors (Lipinski definition) is 1. The highest BCUT2D eigenvalue weighted by Gasteiger charge is 2.26. The van der Waals surface area contributed by atoms with E-state index in [9.17, 15) is 0 Å². The number of piperidine rings is 1. The number of guanidine groups is 1. The van der Waals surface area contributed by atoms with Crippen LogP contribution in [0.1, 0.15) is 43.2 Å². The minimum absolute atomic E-state index is 0. The molecule has 0 amide bonds. The molecule has 1 aromatic carbocycles. The Kier molecular flexibility index (Phi) is 9.86. The van der Waals surface area contributed by atoms with Crippen LogP contribution in [0.4, 0.5) is 0 Å². The molecule has 0 saturated carbocycles. The number of nitrogens with one attached hydrogen (secondary N) is 1. The largest absolute Gasteiger partial charge is 0.385 e. The molecule has 1 fully saturated rings. The van der Waals surface area contributed by atoms with Gasteiger partial charge in [-0.25, -0.2) is 0 Å². The van der Waals surface area contributed by atoms with Crippen LogP contribution in [-0.2, 0) is 15.9 Å². The van der Waals surface area contributed by atoms with E-state index < -0.39 is 0 Å². The Morgan fingerprint density at radius 3 is 2.70 bits per heavy atom. The zero-order chi connectivity index (χ0) is 18.2. The van der Waals surface area contributed by atoms with Crippen LogP contribution in [0.25, 0.3) is 0 Å². The minimum Gasteiger partial charge on any atom is -0.385 e. The van der Waals surface area contributed by atoms with E-state index >= 15 is 0 Å². The quantitative estimate of drug-likeness (QED) is 0.264. The van der Waals surface area contributed by atoms with Crippen molar-refractivity contribution < 1.29 is 9.47 Å². The number of fused-ring (bicyclic) bond motifs is 1. The molecule has 1 unspecified atom stereocenters. The number of benzene rings is 1. The molecule has 6 heteroatoms. The fourth-order valence-corrected chi connectivity index (χ4v) is 3.84. The molecule has 5 nitrogen and oxygen atoms in total. The van der Waals surface area contributed by atoms with Gasteiger partial charge in [0.1, 0.15) is 0 Å². The Bertz CT molecular complexity index is 589. The third-order valence-electron chi connectivity index (χ3n) is 5.35. The predicted octanol–water partition coefficient (Wildman–Crippen LogP) is 3.43. The van der Waals surface area contributed by atoms with Crippen molar-refractivity contribution in [3.63, 3.8) is 0 Å². The summed E-state index contributed by atoms with van der Waals surface area (Å²) in [6, 6.07) is 8.75. The zero-order valence-corrected chi connectivity index (χ0v) is 19.0. The maximum Gasteiger partial charge on any atom is 0.193 e. The molecule has 1 heterocycles. The standard InChI is InChI=1S/C21H33N3O2.HI/c1-3-22-21(23-16-18-15-17-7-4-5-8-20(17)18)24-11-9-19(10-12-24)26-14-6-13-25-2;/h4-5,7-8,18-19H,3,6,9-16H2,1-2H3,(H,22,23);1H. The normalized spacial score (nSPS) is 19.9. The van der Waals surface area contributed by atoms with Crippen LogP contribution in [0, 0.1) is 0 Å². The van der Waals surface area contributed by atoms with Crippen LogP contribution >= 0.6 is 24.0 Å². The Morgan fingerprint density at radius 1 is 1.22 bits per heavy atom. The summed E-state index contributed by atoms with van der Waals surface area (Å²) >= 11 is 0. The lowest BCUT2D eigenvalue weighted by Crippen LogP contribution is -2.47. The van der Waals surface area contributed by atoms with Gasteiger partial charge in [-0.15, -0.1) is 24.0 Å². The molecule has 1 aliphatic carbocycles. The van der Waals surface area contributed by atoms with Crippen molar-refractivity contribution in [1.29, 1.82) is 0 Å². The molecule has 0 radical (unpaired) electrons. The van der Waals surface area contributed by atoms with Gasteiger partial charge in [-0.05, 0) is 43.7 Å². The van der Waals surface area contributed by atoms with E-state index in [2.05, 4.69) is 41.4 Å². The molecule has 1 saturated heterocycles. The Hall–Kier alpha value is -0.860. The molecule has 1 atom stereocenters. The molecule has 3 rings (SSSR count). The Labute approximate surface area is 180 Å². The highest BCUT2D eigenvalue weighted by molar-refractivity contribution is 14.0. The summed E-state index contributed by atoms with van der Waals surface area (Å²) in [4.78, 5) is 7.34.